The third kappa shape index (κ3) is 5.99. The molecule has 3 nitrogen and oxygen atoms in total. The lowest BCUT2D eigenvalue weighted by molar-refractivity contribution is 0.329. The van der Waals surface area contributed by atoms with Crippen molar-refractivity contribution in [2.75, 3.05) is 13.6 Å². The SMILES string of the molecule is CN=C(NCCc1cccs1)NC1CCC(C)CC1.I. The van der Waals surface area contributed by atoms with Gasteiger partial charge in [-0.2, -0.15) is 0 Å². The fraction of sp³-hybridized carbons (Fsp3) is 0.667. The van der Waals surface area contributed by atoms with Crippen LogP contribution in [0.3, 0.4) is 0 Å². The molecule has 0 saturated heterocycles. The monoisotopic (exact) mass is 407 g/mol. The number of hydrogen-bond acceptors (Lipinski definition) is 2. The first-order chi connectivity index (χ1) is 9.28. The van der Waals surface area contributed by atoms with E-state index in [2.05, 4.69) is 40.1 Å². The van der Waals surface area contributed by atoms with Crippen molar-refractivity contribution >= 4 is 41.3 Å². The summed E-state index contributed by atoms with van der Waals surface area (Å²) >= 11 is 1.82. The molecule has 1 aromatic heterocycles. The minimum absolute atomic E-state index is 0. The van der Waals surface area contributed by atoms with E-state index in [1.165, 1.54) is 30.6 Å². The van der Waals surface area contributed by atoms with E-state index < -0.39 is 0 Å². The lowest BCUT2D eigenvalue weighted by Gasteiger charge is -2.28. The Morgan fingerprint density at radius 1 is 1.35 bits per heavy atom. The predicted octanol–water partition coefficient (Wildman–Crippen LogP) is 3.65. The van der Waals surface area contributed by atoms with Crippen molar-refractivity contribution in [1.29, 1.82) is 0 Å². The van der Waals surface area contributed by atoms with E-state index >= 15 is 0 Å². The Bertz CT molecular complexity index is 384. The van der Waals surface area contributed by atoms with Crippen LogP contribution < -0.4 is 10.6 Å². The van der Waals surface area contributed by atoms with Crippen LogP contribution in [0.15, 0.2) is 22.5 Å². The number of aliphatic imine (C=N–C) groups is 1. The van der Waals surface area contributed by atoms with Crippen LogP contribution in [0.2, 0.25) is 0 Å². The fourth-order valence-corrected chi connectivity index (χ4v) is 3.26. The summed E-state index contributed by atoms with van der Waals surface area (Å²) in [5, 5.41) is 9.09. The first-order valence-corrected chi connectivity index (χ1v) is 8.15. The largest absolute Gasteiger partial charge is 0.356 e. The van der Waals surface area contributed by atoms with Crippen LogP contribution >= 0.6 is 35.3 Å². The van der Waals surface area contributed by atoms with Gasteiger partial charge in [0.25, 0.3) is 0 Å². The molecule has 1 aliphatic carbocycles. The Hall–Kier alpha value is -0.300. The summed E-state index contributed by atoms with van der Waals surface area (Å²) in [6.45, 7) is 3.30. The van der Waals surface area contributed by atoms with Gasteiger partial charge in [-0.15, -0.1) is 35.3 Å². The first kappa shape index (κ1) is 17.8. The highest BCUT2D eigenvalue weighted by Gasteiger charge is 2.18. The van der Waals surface area contributed by atoms with Crippen molar-refractivity contribution in [2.24, 2.45) is 10.9 Å². The van der Waals surface area contributed by atoms with Gasteiger partial charge in [-0.1, -0.05) is 13.0 Å². The van der Waals surface area contributed by atoms with Crippen molar-refractivity contribution in [3.63, 3.8) is 0 Å². The molecule has 0 unspecified atom stereocenters. The van der Waals surface area contributed by atoms with Crippen LogP contribution in [0.5, 0.6) is 0 Å². The highest BCUT2D eigenvalue weighted by molar-refractivity contribution is 14.0. The van der Waals surface area contributed by atoms with E-state index in [9.17, 15) is 0 Å². The molecule has 0 bridgehead atoms. The van der Waals surface area contributed by atoms with Gasteiger partial charge < -0.3 is 10.6 Å². The third-order valence-corrected chi connectivity index (χ3v) is 4.76. The molecule has 5 heteroatoms. The first-order valence-electron chi connectivity index (χ1n) is 7.27. The molecule has 0 amide bonds. The average Bonchev–Trinajstić information content (AvgIpc) is 2.93. The number of rotatable bonds is 4. The average molecular weight is 407 g/mol. The van der Waals surface area contributed by atoms with Crippen LogP contribution in [0.25, 0.3) is 0 Å². The van der Waals surface area contributed by atoms with Crippen molar-refractivity contribution < 1.29 is 0 Å². The molecule has 1 saturated carbocycles. The molecule has 0 spiro atoms. The Morgan fingerprint density at radius 3 is 2.70 bits per heavy atom. The molecule has 1 fully saturated rings. The van der Waals surface area contributed by atoms with E-state index in [-0.39, 0.29) is 24.0 Å². The molecule has 2 N–H and O–H groups in total. The summed E-state index contributed by atoms with van der Waals surface area (Å²) in [6.07, 6.45) is 6.29. The Labute approximate surface area is 143 Å². The molecular weight excluding hydrogens is 381 g/mol. The second-order valence-corrected chi connectivity index (χ2v) is 6.46. The molecule has 2 rings (SSSR count). The van der Waals surface area contributed by atoms with Gasteiger partial charge in [-0.05, 0) is 49.5 Å². The highest BCUT2D eigenvalue weighted by atomic mass is 127. The summed E-state index contributed by atoms with van der Waals surface area (Å²) in [6, 6.07) is 4.89. The molecular formula is C15H26IN3S. The Balaban J connectivity index is 0.00000200. The van der Waals surface area contributed by atoms with Gasteiger partial charge in [0.2, 0.25) is 0 Å². The number of hydrogen-bond donors (Lipinski definition) is 2. The third-order valence-electron chi connectivity index (χ3n) is 3.82. The van der Waals surface area contributed by atoms with Crippen molar-refractivity contribution in [2.45, 2.75) is 45.1 Å². The summed E-state index contributed by atoms with van der Waals surface area (Å²) in [5.41, 5.74) is 0. The van der Waals surface area contributed by atoms with E-state index in [4.69, 9.17) is 0 Å². The van der Waals surface area contributed by atoms with Crippen LogP contribution in [0.4, 0.5) is 0 Å². The minimum Gasteiger partial charge on any atom is -0.356 e. The van der Waals surface area contributed by atoms with Gasteiger partial charge >= 0.3 is 0 Å². The number of guanidine groups is 1. The van der Waals surface area contributed by atoms with Crippen LogP contribution in [-0.2, 0) is 6.42 Å². The zero-order valence-electron chi connectivity index (χ0n) is 12.4. The van der Waals surface area contributed by atoms with Gasteiger partial charge in [0.1, 0.15) is 0 Å². The molecule has 20 heavy (non-hydrogen) atoms. The van der Waals surface area contributed by atoms with Gasteiger partial charge in [0, 0.05) is 24.5 Å². The second kappa shape index (κ2) is 9.60. The van der Waals surface area contributed by atoms with Gasteiger partial charge in [-0.3, -0.25) is 4.99 Å². The minimum atomic E-state index is 0. The van der Waals surface area contributed by atoms with Gasteiger partial charge in [-0.25, -0.2) is 0 Å². The quantitative estimate of drug-likeness (QED) is 0.454. The summed E-state index contributed by atoms with van der Waals surface area (Å²) in [7, 11) is 1.85. The highest BCUT2D eigenvalue weighted by Crippen LogP contribution is 2.23. The smallest absolute Gasteiger partial charge is 0.191 e. The van der Waals surface area contributed by atoms with Crippen molar-refractivity contribution in [3.8, 4) is 0 Å². The number of nitrogens with one attached hydrogen (secondary N) is 2. The van der Waals surface area contributed by atoms with Crippen molar-refractivity contribution in [3.05, 3.63) is 22.4 Å². The lowest BCUT2D eigenvalue weighted by Crippen LogP contribution is -2.45. The van der Waals surface area contributed by atoms with E-state index in [0.29, 0.717) is 6.04 Å². The zero-order chi connectivity index (χ0) is 13.5. The maximum Gasteiger partial charge on any atom is 0.191 e. The predicted molar refractivity (Wildman–Crippen MR) is 99.4 cm³/mol. The standard InChI is InChI=1S/C15H25N3S.HI/c1-12-5-7-13(8-6-12)18-15(16-2)17-10-9-14-4-3-11-19-14;/h3-4,11-13H,5-10H2,1-2H3,(H2,16,17,18);1H. The van der Waals surface area contributed by atoms with Crippen LogP contribution in [0, 0.1) is 5.92 Å². The Kier molecular flexibility index (Phi) is 8.52. The van der Waals surface area contributed by atoms with Gasteiger partial charge in [0.05, 0.1) is 0 Å². The maximum atomic E-state index is 4.32. The molecule has 114 valence electrons. The number of halogens is 1. The molecule has 0 aliphatic heterocycles. The van der Waals surface area contributed by atoms with Crippen LogP contribution in [0.1, 0.15) is 37.5 Å². The van der Waals surface area contributed by atoms with E-state index in [1.807, 2.05) is 18.4 Å². The van der Waals surface area contributed by atoms with Crippen LogP contribution in [-0.4, -0.2) is 25.6 Å². The molecule has 0 aromatic carbocycles. The molecule has 1 heterocycles. The van der Waals surface area contributed by atoms with Crippen molar-refractivity contribution in [1.82, 2.24) is 10.6 Å². The fourth-order valence-electron chi connectivity index (χ4n) is 2.55. The maximum absolute atomic E-state index is 4.32. The summed E-state index contributed by atoms with van der Waals surface area (Å²) in [5.74, 6) is 1.85. The van der Waals surface area contributed by atoms with Gasteiger partial charge in [0.15, 0.2) is 5.96 Å². The molecule has 0 radical (unpaired) electrons. The topological polar surface area (TPSA) is 36.4 Å². The Morgan fingerprint density at radius 2 is 2.10 bits per heavy atom. The summed E-state index contributed by atoms with van der Waals surface area (Å²) in [4.78, 5) is 5.74. The second-order valence-electron chi connectivity index (χ2n) is 5.43. The molecule has 0 atom stereocenters. The van der Waals surface area contributed by atoms with E-state index in [1.54, 1.807) is 0 Å². The number of thiophene rings is 1. The van der Waals surface area contributed by atoms with E-state index in [0.717, 1.165) is 24.8 Å². The zero-order valence-corrected chi connectivity index (χ0v) is 15.5. The number of nitrogens with zero attached hydrogens (tertiary/aromatic N) is 1. The summed E-state index contributed by atoms with van der Waals surface area (Å²) < 4.78 is 0. The molecule has 1 aromatic rings. The lowest BCUT2D eigenvalue weighted by atomic mass is 9.87. The normalized spacial score (nSPS) is 23.0. The molecule has 1 aliphatic rings.